The van der Waals surface area contributed by atoms with Gasteiger partial charge in [-0.1, -0.05) is 29.8 Å². The van der Waals surface area contributed by atoms with Crippen LogP contribution in [0.4, 0.5) is 5.69 Å². The lowest BCUT2D eigenvalue weighted by atomic mass is 10.1. The highest BCUT2D eigenvalue weighted by Crippen LogP contribution is 2.33. The van der Waals surface area contributed by atoms with Crippen molar-refractivity contribution in [2.24, 2.45) is 0 Å². The van der Waals surface area contributed by atoms with Crippen LogP contribution in [-0.4, -0.2) is 70.0 Å². The third kappa shape index (κ3) is 6.95. The normalized spacial score (nSPS) is 15.3. The summed E-state index contributed by atoms with van der Waals surface area (Å²) < 4.78 is 42.8. The Bertz CT molecular complexity index is 1410. The number of anilines is 1. The van der Waals surface area contributed by atoms with E-state index in [9.17, 15) is 13.2 Å². The lowest BCUT2D eigenvalue weighted by Gasteiger charge is -2.34. The van der Waals surface area contributed by atoms with Crippen molar-refractivity contribution in [2.45, 2.75) is 13.1 Å². The van der Waals surface area contributed by atoms with E-state index in [1.165, 1.54) is 10.6 Å². The molecule has 0 unspecified atom stereocenters. The molecule has 0 spiro atoms. The Hall–Kier alpha value is -3.47. The Morgan fingerprint density at radius 1 is 0.923 bits per heavy atom. The van der Waals surface area contributed by atoms with Gasteiger partial charge in [0.2, 0.25) is 16.8 Å². The number of halogens is 1. The van der Waals surface area contributed by atoms with Crippen LogP contribution in [0.1, 0.15) is 11.1 Å². The summed E-state index contributed by atoms with van der Waals surface area (Å²) in [4.78, 5) is 16.9. The van der Waals surface area contributed by atoms with Crippen LogP contribution in [0, 0.1) is 0 Å². The minimum atomic E-state index is -3.52. The Labute approximate surface area is 233 Å². The first-order valence-electron chi connectivity index (χ1n) is 12.6. The maximum absolute atomic E-state index is 12.8. The molecule has 1 fully saturated rings. The molecule has 0 atom stereocenters. The van der Waals surface area contributed by atoms with Gasteiger partial charge < -0.3 is 19.1 Å². The van der Waals surface area contributed by atoms with E-state index in [0.29, 0.717) is 29.5 Å². The second kappa shape index (κ2) is 11.7. The molecule has 0 aromatic heterocycles. The van der Waals surface area contributed by atoms with Crippen molar-refractivity contribution in [3.63, 3.8) is 0 Å². The van der Waals surface area contributed by atoms with Crippen LogP contribution >= 0.6 is 11.6 Å². The van der Waals surface area contributed by atoms with Gasteiger partial charge >= 0.3 is 0 Å². The molecule has 2 heterocycles. The molecule has 5 rings (SSSR count). The Kier molecular flexibility index (Phi) is 8.15. The summed E-state index contributed by atoms with van der Waals surface area (Å²) in [7, 11) is -3.52. The van der Waals surface area contributed by atoms with Crippen molar-refractivity contribution in [1.82, 2.24) is 9.80 Å². The van der Waals surface area contributed by atoms with Gasteiger partial charge in [-0.15, -0.1) is 0 Å². The van der Waals surface area contributed by atoms with Crippen molar-refractivity contribution in [3.8, 4) is 17.2 Å². The summed E-state index contributed by atoms with van der Waals surface area (Å²) in [6.07, 6.45) is 1.17. The largest absolute Gasteiger partial charge is 0.484 e. The van der Waals surface area contributed by atoms with Crippen molar-refractivity contribution in [2.75, 3.05) is 50.1 Å². The van der Waals surface area contributed by atoms with Gasteiger partial charge in [-0.2, -0.15) is 0 Å². The topological polar surface area (TPSA) is 88.6 Å². The lowest BCUT2D eigenvalue weighted by molar-refractivity contribution is -0.135. The second-order valence-electron chi connectivity index (χ2n) is 9.52. The minimum absolute atomic E-state index is 0.0812. The van der Waals surface area contributed by atoms with E-state index in [1.54, 1.807) is 48.5 Å². The predicted octanol–water partition coefficient (Wildman–Crippen LogP) is 3.76. The summed E-state index contributed by atoms with van der Waals surface area (Å²) in [5.41, 5.74) is 2.46. The van der Waals surface area contributed by atoms with E-state index in [2.05, 4.69) is 4.90 Å². The summed E-state index contributed by atoms with van der Waals surface area (Å²) in [5.74, 6) is 1.96. The fourth-order valence-corrected chi connectivity index (χ4v) is 5.57. The van der Waals surface area contributed by atoms with Gasteiger partial charge in [-0.05, 0) is 59.7 Å². The van der Waals surface area contributed by atoms with E-state index < -0.39 is 10.0 Å². The molecule has 0 aliphatic carbocycles. The predicted molar refractivity (Wildman–Crippen MR) is 149 cm³/mol. The highest BCUT2D eigenvalue weighted by Gasteiger charge is 2.23. The number of amides is 1. The monoisotopic (exact) mass is 571 g/mol. The second-order valence-corrected chi connectivity index (χ2v) is 11.9. The average Bonchev–Trinajstić information content (AvgIpc) is 3.40. The van der Waals surface area contributed by atoms with E-state index >= 15 is 0 Å². The minimum Gasteiger partial charge on any atom is -0.484 e. The number of fused-ring (bicyclic) bond motifs is 1. The zero-order chi connectivity index (χ0) is 27.4. The number of ether oxygens (including phenoxy) is 3. The zero-order valence-electron chi connectivity index (χ0n) is 21.6. The first kappa shape index (κ1) is 27.1. The number of sulfonamides is 1. The summed E-state index contributed by atoms with van der Waals surface area (Å²) in [5, 5.41) is 0.587. The van der Waals surface area contributed by atoms with E-state index in [4.69, 9.17) is 25.8 Å². The maximum atomic E-state index is 12.8. The van der Waals surface area contributed by atoms with Crippen molar-refractivity contribution in [3.05, 3.63) is 82.9 Å². The van der Waals surface area contributed by atoms with Crippen LogP contribution in [0.3, 0.4) is 0 Å². The van der Waals surface area contributed by atoms with Crippen molar-refractivity contribution < 1.29 is 27.4 Å². The first-order chi connectivity index (χ1) is 18.7. The number of carbonyl (C=O) groups excluding carboxylic acids is 1. The van der Waals surface area contributed by atoms with E-state index in [0.717, 1.165) is 42.3 Å². The third-order valence-corrected chi connectivity index (χ3v) is 8.09. The van der Waals surface area contributed by atoms with Crippen LogP contribution < -0.4 is 18.5 Å². The number of piperazine rings is 1. The molecule has 0 saturated carbocycles. The number of benzene rings is 3. The molecule has 2 aliphatic rings. The summed E-state index contributed by atoms with van der Waals surface area (Å²) in [6.45, 7) is 3.92. The SMILES string of the molecule is CS(=O)(=O)N(Cc1ccc(Cl)cc1)c1ccc(OCC(=O)N2CCN(Cc3ccc4c(c3)OCO4)CC2)cc1. The van der Waals surface area contributed by atoms with Crippen LogP contribution in [0.25, 0.3) is 0 Å². The maximum Gasteiger partial charge on any atom is 0.260 e. The number of nitrogens with zero attached hydrogens (tertiary/aromatic N) is 3. The number of rotatable bonds is 9. The Balaban J connectivity index is 1.11. The molecule has 3 aromatic rings. The molecule has 0 N–H and O–H groups in total. The van der Waals surface area contributed by atoms with E-state index in [-0.39, 0.29) is 25.9 Å². The number of hydrogen-bond acceptors (Lipinski definition) is 7. The third-order valence-electron chi connectivity index (χ3n) is 6.69. The number of hydrogen-bond donors (Lipinski definition) is 0. The molecule has 11 heteroatoms. The summed E-state index contributed by atoms with van der Waals surface area (Å²) >= 11 is 5.94. The molecular formula is C28H30ClN3O6S. The molecule has 1 saturated heterocycles. The van der Waals surface area contributed by atoms with Gasteiger partial charge in [0.25, 0.3) is 5.91 Å². The van der Waals surface area contributed by atoms with Crippen molar-refractivity contribution in [1.29, 1.82) is 0 Å². The zero-order valence-corrected chi connectivity index (χ0v) is 23.2. The quantitative estimate of drug-likeness (QED) is 0.386. The van der Waals surface area contributed by atoms with E-state index in [1.807, 2.05) is 23.1 Å². The van der Waals surface area contributed by atoms with Gasteiger partial charge in [-0.3, -0.25) is 14.0 Å². The van der Waals surface area contributed by atoms with Gasteiger partial charge in [0.15, 0.2) is 18.1 Å². The fourth-order valence-electron chi connectivity index (χ4n) is 4.55. The van der Waals surface area contributed by atoms with Crippen LogP contribution in [0.2, 0.25) is 5.02 Å². The molecule has 1 amide bonds. The van der Waals surface area contributed by atoms with Crippen LogP contribution in [0.15, 0.2) is 66.7 Å². The van der Waals surface area contributed by atoms with Gasteiger partial charge in [-0.25, -0.2) is 8.42 Å². The van der Waals surface area contributed by atoms with Crippen molar-refractivity contribution >= 4 is 33.2 Å². The Morgan fingerprint density at radius 3 is 2.28 bits per heavy atom. The smallest absolute Gasteiger partial charge is 0.260 e. The van der Waals surface area contributed by atoms with Crippen LogP contribution in [-0.2, 0) is 27.9 Å². The number of carbonyl (C=O) groups is 1. The highest BCUT2D eigenvalue weighted by molar-refractivity contribution is 7.92. The lowest BCUT2D eigenvalue weighted by Crippen LogP contribution is -2.49. The van der Waals surface area contributed by atoms with Gasteiger partial charge in [0.1, 0.15) is 5.75 Å². The highest BCUT2D eigenvalue weighted by atomic mass is 35.5. The molecule has 3 aromatic carbocycles. The first-order valence-corrected chi connectivity index (χ1v) is 14.8. The molecule has 2 aliphatic heterocycles. The van der Waals surface area contributed by atoms with Gasteiger partial charge in [0.05, 0.1) is 18.5 Å². The summed E-state index contributed by atoms with van der Waals surface area (Å²) in [6, 6.07) is 19.7. The fraction of sp³-hybridized carbons (Fsp3) is 0.321. The molecule has 0 bridgehead atoms. The van der Waals surface area contributed by atoms with Gasteiger partial charge in [0, 0.05) is 37.7 Å². The Morgan fingerprint density at radius 2 is 1.59 bits per heavy atom. The average molecular weight is 572 g/mol. The molecule has 206 valence electrons. The van der Waals surface area contributed by atoms with Crippen LogP contribution in [0.5, 0.6) is 17.2 Å². The standard InChI is InChI=1S/C28H30ClN3O6S/c1-39(34,35)32(18-21-2-5-23(29)6-3-21)24-7-9-25(10-8-24)36-19-28(33)31-14-12-30(13-15-31)17-22-4-11-26-27(16-22)38-20-37-26/h2-11,16H,12-15,17-20H2,1H3. The molecular weight excluding hydrogens is 542 g/mol. The molecule has 39 heavy (non-hydrogen) atoms. The molecule has 0 radical (unpaired) electrons. The molecule has 9 nitrogen and oxygen atoms in total.